The summed E-state index contributed by atoms with van der Waals surface area (Å²) in [6, 6.07) is 14.2. The van der Waals surface area contributed by atoms with Gasteiger partial charge >= 0.3 is 0 Å². The Morgan fingerprint density at radius 3 is 2.35 bits per heavy atom. The molecule has 178 valence electrons. The van der Waals surface area contributed by atoms with Gasteiger partial charge in [-0.25, -0.2) is 9.37 Å². The highest BCUT2D eigenvalue weighted by molar-refractivity contribution is 7.09. The molecule has 34 heavy (non-hydrogen) atoms. The molecule has 1 aliphatic heterocycles. The Morgan fingerprint density at radius 1 is 1.00 bits per heavy atom. The van der Waals surface area contributed by atoms with E-state index < -0.39 is 0 Å². The second kappa shape index (κ2) is 11.1. The molecular weight excluding hydrogens is 475 g/mol. The molecule has 4 rings (SSSR count). The first-order chi connectivity index (χ1) is 16.4. The number of hydrogen-bond donors (Lipinski definition) is 0. The largest absolute Gasteiger partial charge is 0.339 e. The van der Waals surface area contributed by atoms with Crippen molar-refractivity contribution in [3.05, 3.63) is 86.6 Å². The predicted octanol–water partition coefficient (Wildman–Crippen LogP) is 4.44. The Bertz CT molecular complexity index is 1150. The number of aromatic nitrogens is 1. The molecule has 1 aliphatic rings. The number of thiazole rings is 1. The zero-order valence-corrected chi connectivity index (χ0v) is 20.5. The van der Waals surface area contributed by atoms with Gasteiger partial charge in [-0.2, -0.15) is 0 Å². The summed E-state index contributed by atoms with van der Waals surface area (Å²) < 4.78 is 13.4. The van der Waals surface area contributed by atoms with E-state index in [0.29, 0.717) is 56.5 Å². The van der Waals surface area contributed by atoms with E-state index in [1.54, 1.807) is 34.2 Å². The molecule has 1 fully saturated rings. The van der Waals surface area contributed by atoms with Crippen LogP contribution in [0, 0.1) is 5.82 Å². The molecule has 1 saturated heterocycles. The molecule has 0 saturated carbocycles. The van der Waals surface area contributed by atoms with Crippen LogP contribution in [0.5, 0.6) is 0 Å². The topological polar surface area (TPSA) is 56.8 Å². The third-order valence-corrected chi connectivity index (χ3v) is 6.83. The number of rotatable bonds is 7. The summed E-state index contributed by atoms with van der Waals surface area (Å²) in [7, 11) is 0. The molecule has 2 aromatic carbocycles. The minimum atomic E-state index is -0.266. The van der Waals surface area contributed by atoms with Gasteiger partial charge in [0.05, 0.1) is 6.54 Å². The average molecular weight is 501 g/mol. The molecule has 3 aromatic rings. The first-order valence-corrected chi connectivity index (χ1v) is 12.3. The number of benzene rings is 2. The second-order valence-electron chi connectivity index (χ2n) is 8.33. The Morgan fingerprint density at radius 2 is 1.68 bits per heavy atom. The highest BCUT2D eigenvalue weighted by atomic mass is 35.5. The van der Waals surface area contributed by atoms with Crippen LogP contribution in [-0.2, 0) is 24.4 Å². The minimum Gasteiger partial charge on any atom is -0.339 e. The number of amides is 2. The van der Waals surface area contributed by atoms with E-state index in [-0.39, 0.29) is 17.6 Å². The summed E-state index contributed by atoms with van der Waals surface area (Å²) in [6.07, 6.45) is 0. The fourth-order valence-corrected chi connectivity index (χ4v) is 4.99. The van der Waals surface area contributed by atoms with Crippen molar-refractivity contribution in [3.8, 4) is 0 Å². The quantitative estimate of drug-likeness (QED) is 0.481. The van der Waals surface area contributed by atoms with Crippen LogP contribution in [0.25, 0.3) is 0 Å². The lowest BCUT2D eigenvalue weighted by Gasteiger charge is -2.33. The standard InChI is InChI=1S/C25H26ClFN4O2S/c1-18(32)30-9-11-31(12-10-30)25(33)23-17-34-24(28-23)16-29(14-19-5-7-22(27)8-6-19)15-20-3-2-4-21(26)13-20/h2-8,13,17H,9-12,14-16H2,1H3. The SMILES string of the molecule is CC(=O)N1CCN(C(=O)c2csc(CN(Cc3ccc(F)cc3)Cc3cccc(Cl)c3)n2)CC1. The number of hydrogen-bond acceptors (Lipinski definition) is 5. The molecule has 0 bridgehead atoms. The van der Waals surface area contributed by atoms with Gasteiger partial charge in [0.2, 0.25) is 5.91 Å². The van der Waals surface area contributed by atoms with Gasteiger partial charge in [-0.15, -0.1) is 11.3 Å². The van der Waals surface area contributed by atoms with Crippen LogP contribution < -0.4 is 0 Å². The van der Waals surface area contributed by atoms with Crippen LogP contribution >= 0.6 is 22.9 Å². The molecule has 0 atom stereocenters. The van der Waals surface area contributed by atoms with Crippen LogP contribution in [0.2, 0.25) is 5.02 Å². The Balaban J connectivity index is 1.45. The lowest BCUT2D eigenvalue weighted by Crippen LogP contribution is -2.50. The number of nitrogens with zero attached hydrogens (tertiary/aromatic N) is 4. The first kappa shape index (κ1) is 24.3. The van der Waals surface area contributed by atoms with E-state index in [2.05, 4.69) is 9.88 Å². The molecule has 0 spiro atoms. The van der Waals surface area contributed by atoms with Crippen LogP contribution in [0.15, 0.2) is 53.9 Å². The zero-order valence-electron chi connectivity index (χ0n) is 18.9. The van der Waals surface area contributed by atoms with Crippen LogP contribution in [-0.4, -0.2) is 57.7 Å². The van der Waals surface area contributed by atoms with Crippen LogP contribution in [0.1, 0.15) is 33.5 Å². The summed E-state index contributed by atoms with van der Waals surface area (Å²) in [4.78, 5) is 34.8. The van der Waals surface area contributed by atoms with Gasteiger partial charge in [0, 0.05) is 56.6 Å². The van der Waals surface area contributed by atoms with E-state index in [1.807, 2.05) is 24.3 Å². The van der Waals surface area contributed by atoms with Gasteiger partial charge in [0.1, 0.15) is 16.5 Å². The zero-order chi connectivity index (χ0) is 24.1. The number of halogens is 2. The molecule has 2 heterocycles. The molecule has 0 aliphatic carbocycles. The van der Waals surface area contributed by atoms with Crippen LogP contribution in [0.4, 0.5) is 4.39 Å². The normalized spacial score (nSPS) is 14.0. The van der Waals surface area contributed by atoms with E-state index in [1.165, 1.54) is 23.5 Å². The minimum absolute atomic E-state index is 0.0315. The third kappa shape index (κ3) is 6.40. The summed E-state index contributed by atoms with van der Waals surface area (Å²) in [5.41, 5.74) is 2.48. The fourth-order valence-electron chi connectivity index (χ4n) is 3.97. The number of carbonyl (C=O) groups excluding carboxylic acids is 2. The lowest BCUT2D eigenvalue weighted by molar-refractivity contribution is -0.130. The van der Waals surface area contributed by atoms with Gasteiger partial charge in [-0.05, 0) is 35.4 Å². The maximum atomic E-state index is 13.4. The Hall–Kier alpha value is -2.81. The molecule has 9 heteroatoms. The van der Waals surface area contributed by atoms with Crippen molar-refractivity contribution in [2.45, 2.75) is 26.6 Å². The van der Waals surface area contributed by atoms with Crippen LogP contribution in [0.3, 0.4) is 0 Å². The van der Waals surface area contributed by atoms with E-state index in [4.69, 9.17) is 11.6 Å². The fraction of sp³-hybridized carbons (Fsp3) is 0.320. The van der Waals surface area contributed by atoms with Gasteiger partial charge in [-0.1, -0.05) is 35.9 Å². The van der Waals surface area contributed by atoms with E-state index in [0.717, 1.165) is 16.1 Å². The van der Waals surface area contributed by atoms with Crippen molar-refractivity contribution >= 4 is 34.8 Å². The maximum absolute atomic E-state index is 13.4. The smallest absolute Gasteiger partial charge is 0.273 e. The summed E-state index contributed by atoms with van der Waals surface area (Å²) >= 11 is 7.62. The third-order valence-electron chi connectivity index (χ3n) is 5.76. The van der Waals surface area contributed by atoms with Gasteiger partial charge < -0.3 is 9.80 Å². The van der Waals surface area contributed by atoms with Crippen molar-refractivity contribution in [2.75, 3.05) is 26.2 Å². The molecular formula is C25H26ClFN4O2S. The highest BCUT2D eigenvalue weighted by Gasteiger charge is 2.25. The molecule has 0 unspecified atom stereocenters. The summed E-state index contributed by atoms with van der Waals surface area (Å²) in [5, 5.41) is 3.30. The van der Waals surface area contributed by atoms with Crippen molar-refractivity contribution in [3.63, 3.8) is 0 Å². The molecule has 2 amide bonds. The second-order valence-corrected chi connectivity index (χ2v) is 9.71. The average Bonchev–Trinajstić information content (AvgIpc) is 3.28. The van der Waals surface area contributed by atoms with Gasteiger partial charge in [0.15, 0.2) is 0 Å². The molecule has 0 radical (unpaired) electrons. The molecule has 6 nitrogen and oxygen atoms in total. The monoisotopic (exact) mass is 500 g/mol. The molecule has 1 aromatic heterocycles. The van der Waals surface area contributed by atoms with Crippen molar-refractivity contribution in [2.24, 2.45) is 0 Å². The Labute approximate surface area is 207 Å². The summed E-state index contributed by atoms with van der Waals surface area (Å²) in [6.45, 7) is 5.43. The first-order valence-electron chi connectivity index (χ1n) is 11.1. The van der Waals surface area contributed by atoms with Crippen molar-refractivity contribution in [1.82, 2.24) is 19.7 Å². The maximum Gasteiger partial charge on any atom is 0.273 e. The van der Waals surface area contributed by atoms with Crippen molar-refractivity contribution < 1.29 is 14.0 Å². The Kier molecular flexibility index (Phi) is 7.92. The summed E-state index contributed by atoms with van der Waals surface area (Å²) in [5.74, 6) is -0.341. The highest BCUT2D eigenvalue weighted by Crippen LogP contribution is 2.20. The van der Waals surface area contributed by atoms with E-state index >= 15 is 0 Å². The lowest BCUT2D eigenvalue weighted by atomic mass is 10.1. The molecule has 0 N–H and O–H groups in total. The predicted molar refractivity (Wildman–Crippen MR) is 131 cm³/mol. The van der Waals surface area contributed by atoms with Crippen molar-refractivity contribution in [1.29, 1.82) is 0 Å². The van der Waals surface area contributed by atoms with Gasteiger partial charge in [-0.3, -0.25) is 14.5 Å². The number of carbonyl (C=O) groups is 2. The number of piperazine rings is 1. The van der Waals surface area contributed by atoms with Gasteiger partial charge in [0.25, 0.3) is 5.91 Å². The van der Waals surface area contributed by atoms with E-state index in [9.17, 15) is 14.0 Å².